The van der Waals surface area contributed by atoms with Gasteiger partial charge in [0, 0.05) is 30.3 Å². The summed E-state index contributed by atoms with van der Waals surface area (Å²) in [4.78, 5) is 2.37. The molecule has 0 spiro atoms. The van der Waals surface area contributed by atoms with E-state index in [0.717, 1.165) is 31.2 Å². The largest absolute Gasteiger partial charge is 0.372 e. The highest BCUT2D eigenvalue weighted by Crippen LogP contribution is 2.24. The smallest absolute Gasteiger partial charge is 0.0471 e. The van der Waals surface area contributed by atoms with Gasteiger partial charge < -0.3 is 10.2 Å². The minimum atomic E-state index is 0.658. The van der Waals surface area contributed by atoms with E-state index in [1.54, 1.807) is 0 Å². The molecular formula is C15H25ClN2. The molecule has 1 rings (SSSR count). The van der Waals surface area contributed by atoms with Crippen molar-refractivity contribution in [1.82, 2.24) is 5.32 Å². The van der Waals surface area contributed by atoms with Crippen molar-refractivity contribution < 1.29 is 0 Å². The first-order valence-electron chi connectivity index (χ1n) is 6.82. The normalized spacial score (nSPS) is 11.0. The molecule has 1 aromatic carbocycles. The maximum absolute atomic E-state index is 6.34. The number of hydrogen-bond acceptors (Lipinski definition) is 2. The summed E-state index contributed by atoms with van der Waals surface area (Å²) in [5.74, 6) is 0.658. The average Bonchev–Trinajstić information content (AvgIpc) is 2.34. The van der Waals surface area contributed by atoms with Gasteiger partial charge in [0.25, 0.3) is 0 Å². The summed E-state index contributed by atoms with van der Waals surface area (Å²) < 4.78 is 0. The van der Waals surface area contributed by atoms with E-state index in [0.29, 0.717) is 5.92 Å². The molecule has 0 saturated carbocycles. The lowest BCUT2D eigenvalue weighted by Crippen LogP contribution is -2.27. The molecule has 0 atom stereocenters. The highest BCUT2D eigenvalue weighted by atomic mass is 35.5. The molecule has 102 valence electrons. The second-order valence-corrected chi connectivity index (χ2v) is 5.40. The van der Waals surface area contributed by atoms with Crippen molar-refractivity contribution in [2.45, 2.75) is 34.2 Å². The van der Waals surface area contributed by atoms with E-state index in [1.165, 1.54) is 11.3 Å². The van der Waals surface area contributed by atoms with Gasteiger partial charge in [-0.15, -0.1) is 0 Å². The lowest BCUT2D eigenvalue weighted by Gasteiger charge is -2.25. The van der Waals surface area contributed by atoms with Gasteiger partial charge in [-0.05, 0) is 37.1 Å². The van der Waals surface area contributed by atoms with Crippen molar-refractivity contribution in [2.24, 2.45) is 5.92 Å². The van der Waals surface area contributed by atoms with Gasteiger partial charge in [0.2, 0.25) is 0 Å². The fraction of sp³-hybridized carbons (Fsp3) is 0.600. The molecule has 0 unspecified atom stereocenters. The van der Waals surface area contributed by atoms with Crippen LogP contribution in [-0.4, -0.2) is 19.6 Å². The zero-order valence-electron chi connectivity index (χ0n) is 12.0. The van der Waals surface area contributed by atoms with Crippen LogP contribution in [-0.2, 0) is 6.54 Å². The lowest BCUT2D eigenvalue weighted by molar-refractivity contribution is 0.618. The first-order valence-corrected chi connectivity index (χ1v) is 7.20. The first kappa shape index (κ1) is 15.3. The Balaban J connectivity index is 2.81. The van der Waals surface area contributed by atoms with Crippen LogP contribution in [0.3, 0.4) is 0 Å². The Bertz CT molecular complexity index is 364. The molecule has 1 N–H and O–H groups in total. The maximum atomic E-state index is 6.34. The van der Waals surface area contributed by atoms with E-state index in [1.807, 2.05) is 0 Å². The van der Waals surface area contributed by atoms with Crippen LogP contribution in [0.15, 0.2) is 18.2 Å². The fourth-order valence-electron chi connectivity index (χ4n) is 1.99. The standard InChI is InChI=1S/C15H25ClN2/c1-5-17-10-13-7-8-14(9-15(13)16)18(6-2)11-12(3)4/h7-9,12,17H,5-6,10-11H2,1-4H3. The van der Waals surface area contributed by atoms with Crippen LogP contribution in [0.4, 0.5) is 5.69 Å². The molecule has 0 amide bonds. The Morgan fingerprint density at radius 1 is 1.28 bits per heavy atom. The molecule has 0 saturated heterocycles. The van der Waals surface area contributed by atoms with Gasteiger partial charge in [0.1, 0.15) is 0 Å². The van der Waals surface area contributed by atoms with Crippen LogP contribution >= 0.6 is 11.6 Å². The predicted octanol–water partition coefficient (Wildman–Crippen LogP) is 3.93. The van der Waals surface area contributed by atoms with Crippen molar-refractivity contribution >= 4 is 17.3 Å². The minimum absolute atomic E-state index is 0.658. The summed E-state index contributed by atoms with van der Waals surface area (Å²) in [5, 5.41) is 4.16. The molecule has 0 aromatic heterocycles. The van der Waals surface area contributed by atoms with Gasteiger partial charge in [-0.25, -0.2) is 0 Å². The van der Waals surface area contributed by atoms with Gasteiger partial charge in [0.05, 0.1) is 0 Å². The molecule has 1 aromatic rings. The van der Waals surface area contributed by atoms with E-state index in [4.69, 9.17) is 11.6 Å². The molecular weight excluding hydrogens is 244 g/mol. The van der Waals surface area contributed by atoms with Gasteiger partial charge in [-0.3, -0.25) is 0 Å². The second kappa shape index (κ2) is 7.65. The Kier molecular flexibility index (Phi) is 6.51. The summed E-state index contributed by atoms with van der Waals surface area (Å²) in [6.07, 6.45) is 0. The van der Waals surface area contributed by atoms with Crippen LogP contribution in [0, 0.1) is 5.92 Å². The first-order chi connectivity index (χ1) is 8.58. The number of hydrogen-bond donors (Lipinski definition) is 1. The van der Waals surface area contributed by atoms with Gasteiger partial charge >= 0.3 is 0 Å². The highest BCUT2D eigenvalue weighted by Gasteiger charge is 2.08. The van der Waals surface area contributed by atoms with Crippen LogP contribution < -0.4 is 10.2 Å². The number of nitrogens with zero attached hydrogens (tertiary/aromatic N) is 1. The number of rotatable bonds is 7. The molecule has 0 aliphatic heterocycles. The topological polar surface area (TPSA) is 15.3 Å². The monoisotopic (exact) mass is 268 g/mol. The van der Waals surface area contributed by atoms with E-state index in [9.17, 15) is 0 Å². The molecule has 0 heterocycles. The third-order valence-corrected chi connectivity index (χ3v) is 3.29. The molecule has 2 nitrogen and oxygen atoms in total. The number of nitrogens with one attached hydrogen (secondary N) is 1. The zero-order valence-corrected chi connectivity index (χ0v) is 12.7. The van der Waals surface area contributed by atoms with E-state index >= 15 is 0 Å². The number of anilines is 1. The molecule has 0 aliphatic carbocycles. The van der Waals surface area contributed by atoms with Gasteiger partial charge in [-0.2, -0.15) is 0 Å². The number of benzene rings is 1. The molecule has 0 fully saturated rings. The van der Waals surface area contributed by atoms with Crippen LogP contribution in [0.1, 0.15) is 33.3 Å². The van der Waals surface area contributed by atoms with Crippen molar-refractivity contribution in [3.05, 3.63) is 28.8 Å². The summed E-state index contributed by atoms with van der Waals surface area (Å²) >= 11 is 6.34. The molecule has 18 heavy (non-hydrogen) atoms. The summed E-state index contributed by atoms with van der Waals surface area (Å²) in [7, 11) is 0. The van der Waals surface area contributed by atoms with E-state index < -0.39 is 0 Å². The van der Waals surface area contributed by atoms with E-state index in [2.05, 4.69) is 56.1 Å². The van der Waals surface area contributed by atoms with Gasteiger partial charge in [0.15, 0.2) is 0 Å². The lowest BCUT2D eigenvalue weighted by atomic mass is 10.1. The molecule has 0 bridgehead atoms. The Morgan fingerprint density at radius 2 is 2.00 bits per heavy atom. The van der Waals surface area contributed by atoms with Crippen molar-refractivity contribution in [3.63, 3.8) is 0 Å². The van der Waals surface area contributed by atoms with Crippen molar-refractivity contribution in [1.29, 1.82) is 0 Å². The summed E-state index contributed by atoms with van der Waals surface area (Å²) in [6.45, 7) is 12.7. The summed E-state index contributed by atoms with van der Waals surface area (Å²) in [5.41, 5.74) is 2.39. The van der Waals surface area contributed by atoms with Crippen LogP contribution in [0.2, 0.25) is 5.02 Å². The Morgan fingerprint density at radius 3 is 2.50 bits per heavy atom. The van der Waals surface area contributed by atoms with Crippen molar-refractivity contribution in [2.75, 3.05) is 24.5 Å². The Labute approximate surface area is 116 Å². The predicted molar refractivity (Wildman–Crippen MR) is 81.6 cm³/mol. The fourth-order valence-corrected chi connectivity index (χ4v) is 2.24. The quantitative estimate of drug-likeness (QED) is 0.806. The number of halogens is 1. The molecule has 0 aliphatic rings. The highest BCUT2D eigenvalue weighted by molar-refractivity contribution is 6.31. The molecule has 0 radical (unpaired) electrons. The molecule has 3 heteroatoms. The van der Waals surface area contributed by atoms with Crippen LogP contribution in [0.5, 0.6) is 0 Å². The SMILES string of the molecule is CCNCc1ccc(N(CC)CC(C)C)cc1Cl. The summed E-state index contributed by atoms with van der Waals surface area (Å²) in [6, 6.07) is 6.38. The third kappa shape index (κ3) is 4.51. The minimum Gasteiger partial charge on any atom is -0.372 e. The average molecular weight is 269 g/mol. The van der Waals surface area contributed by atoms with Crippen LogP contribution in [0.25, 0.3) is 0 Å². The van der Waals surface area contributed by atoms with E-state index in [-0.39, 0.29) is 0 Å². The maximum Gasteiger partial charge on any atom is 0.0471 e. The van der Waals surface area contributed by atoms with Gasteiger partial charge in [-0.1, -0.05) is 38.4 Å². The Hall–Kier alpha value is -0.730. The third-order valence-electron chi connectivity index (χ3n) is 2.93. The second-order valence-electron chi connectivity index (χ2n) is 4.99. The van der Waals surface area contributed by atoms with Crippen molar-refractivity contribution in [3.8, 4) is 0 Å². The zero-order chi connectivity index (χ0) is 13.5.